The zero-order valence-electron chi connectivity index (χ0n) is 21.9. The molecule has 0 aliphatic heterocycles. The maximum absolute atomic E-state index is 10.9. The number of nitrogens with two attached hydrogens (primary N) is 1. The highest BCUT2D eigenvalue weighted by Crippen LogP contribution is 2.41. The van der Waals surface area contributed by atoms with Crippen molar-refractivity contribution in [2.75, 3.05) is 5.73 Å². The summed E-state index contributed by atoms with van der Waals surface area (Å²) in [6.45, 7) is 3.75. The zero-order valence-corrected chi connectivity index (χ0v) is 21.9. The van der Waals surface area contributed by atoms with Crippen LogP contribution in [0.15, 0.2) is 93.3 Å². The molecule has 0 aromatic heterocycles. The summed E-state index contributed by atoms with van der Waals surface area (Å²) in [5, 5.41) is 49.5. The summed E-state index contributed by atoms with van der Waals surface area (Å²) in [6, 6.07) is 21.9. The standard InChI is InChI=1S/C30H27N5O5/c1-17-3-6-24-26(9-17)28(34-35-29-18(2)10-21-4-5-22(31)14-25(21)30(29)36)8-7-27(24)33-32-23-12-19(15-39-37)11-20(13-23)16-40-38/h3-14,36-38H,15-16,31H2,1-2H3. The van der Waals surface area contributed by atoms with Crippen molar-refractivity contribution in [1.82, 2.24) is 0 Å². The highest BCUT2D eigenvalue weighted by molar-refractivity contribution is 6.00. The van der Waals surface area contributed by atoms with Gasteiger partial charge in [0.1, 0.15) is 18.9 Å². The Morgan fingerprint density at radius 1 is 0.675 bits per heavy atom. The second kappa shape index (κ2) is 11.6. The minimum absolute atomic E-state index is 0.0248. The molecule has 0 aliphatic carbocycles. The van der Waals surface area contributed by atoms with Crippen LogP contribution in [-0.4, -0.2) is 15.6 Å². The van der Waals surface area contributed by atoms with Crippen LogP contribution in [0.25, 0.3) is 21.5 Å². The maximum atomic E-state index is 10.9. The van der Waals surface area contributed by atoms with Crippen LogP contribution >= 0.6 is 0 Å². The molecule has 10 nitrogen and oxygen atoms in total. The fourth-order valence-electron chi connectivity index (χ4n) is 4.58. The second-order valence-corrected chi connectivity index (χ2v) is 9.48. The Hall–Kier alpha value is -4.74. The Morgan fingerprint density at radius 2 is 1.35 bits per heavy atom. The summed E-state index contributed by atoms with van der Waals surface area (Å²) in [5.41, 5.74) is 11.6. The van der Waals surface area contributed by atoms with Crippen molar-refractivity contribution in [2.24, 2.45) is 20.5 Å². The normalized spacial score (nSPS) is 11.9. The number of hydrogen-bond donors (Lipinski definition) is 4. The van der Waals surface area contributed by atoms with Crippen molar-refractivity contribution < 1.29 is 25.4 Å². The minimum Gasteiger partial charge on any atom is -0.505 e. The molecular weight excluding hydrogens is 510 g/mol. The van der Waals surface area contributed by atoms with E-state index in [1.54, 1.807) is 42.5 Å². The highest BCUT2D eigenvalue weighted by Gasteiger charge is 2.12. The molecule has 0 aliphatic rings. The number of benzene rings is 5. The first kappa shape index (κ1) is 26.9. The van der Waals surface area contributed by atoms with Gasteiger partial charge in [0.05, 0.1) is 17.1 Å². The molecule has 5 rings (SSSR count). The number of hydrogen-bond acceptors (Lipinski definition) is 10. The van der Waals surface area contributed by atoms with Gasteiger partial charge in [-0.15, -0.1) is 15.3 Å². The van der Waals surface area contributed by atoms with Crippen molar-refractivity contribution in [3.8, 4) is 5.75 Å². The van der Waals surface area contributed by atoms with Gasteiger partial charge in [0.25, 0.3) is 0 Å². The van der Waals surface area contributed by atoms with E-state index in [0.29, 0.717) is 45.0 Å². The summed E-state index contributed by atoms with van der Waals surface area (Å²) in [7, 11) is 0. The minimum atomic E-state index is -0.0523. The zero-order chi connectivity index (χ0) is 28.2. The van der Waals surface area contributed by atoms with E-state index in [0.717, 1.165) is 27.3 Å². The molecule has 0 bridgehead atoms. The molecule has 0 radical (unpaired) electrons. The maximum Gasteiger partial charge on any atom is 0.151 e. The number of azo groups is 2. The van der Waals surface area contributed by atoms with Crippen molar-refractivity contribution in [3.63, 3.8) is 0 Å². The molecule has 202 valence electrons. The van der Waals surface area contributed by atoms with Crippen molar-refractivity contribution >= 4 is 50.0 Å². The average Bonchev–Trinajstić information content (AvgIpc) is 2.93. The Kier molecular flexibility index (Phi) is 7.76. The number of nitrogen functional groups attached to an aromatic ring is 1. The average molecular weight is 538 g/mol. The molecule has 0 saturated carbocycles. The number of nitrogens with zero attached hydrogens (tertiary/aromatic N) is 4. The van der Waals surface area contributed by atoms with E-state index < -0.39 is 0 Å². The molecule has 5 N–H and O–H groups in total. The molecule has 0 amide bonds. The Morgan fingerprint density at radius 3 is 2.05 bits per heavy atom. The van der Waals surface area contributed by atoms with Crippen LogP contribution in [0.3, 0.4) is 0 Å². The monoisotopic (exact) mass is 537 g/mol. The molecule has 5 aromatic carbocycles. The quantitative estimate of drug-likeness (QED) is 0.0671. The summed E-state index contributed by atoms with van der Waals surface area (Å²) < 4.78 is 0. The van der Waals surface area contributed by atoms with E-state index in [9.17, 15) is 5.11 Å². The lowest BCUT2D eigenvalue weighted by Gasteiger charge is -2.09. The topological polar surface area (TPSA) is 155 Å². The largest absolute Gasteiger partial charge is 0.505 e. The van der Waals surface area contributed by atoms with Gasteiger partial charge >= 0.3 is 0 Å². The van der Waals surface area contributed by atoms with E-state index in [4.69, 9.17) is 16.2 Å². The molecular formula is C30H27N5O5. The van der Waals surface area contributed by atoms with Crippen molar-refractivity contribution in [2.45, 2.75) is 27.1 Å². The number of fused-ring (bicyclic) bond motifs is 2. The first-order valence-corrected chi connectivity index (χ1v) is 12.4. The summed E-state index contributed by atoms with van der Waals surface area (Å²) in [4.78, 5) is 8.48. The predicted molar refractivity (Wildman–Crippen MR) is 153 cm³/mol. The third-order valence-corrected chi connectivity index (χ3v) is 6.46. The third-order valence-electron chi connectivity index (χ3n) is 6.46. The van der Waals surface area contributed by atoms with Gasteiger partial charge in [-0.2, -0.15) is 5.11 Å². The first-order valence-electron chi connectivity index (χ1n) is 12.4. The Labute approximate surface area is 229 Å². The third kappa shape index (κ3) is 5.65. The highest BCUT2D eigenvalue weighted by atomic mass is 17.1. The first-order chi connectivity index (χ1) is 19.4. The van der Waals surface area contributed by atoms with Gasteiger partial charge in [0.2, 0.25) is 0 Å². The molecule has 0 unspecified atom stereocenters. The Bertz CT molecular complexity index is 1760. The molecule has 10 heteroatoms. The molecule has 40 heavy (non-hydrogen) atoms. The lowest BCUT2D eigenvalue weighted by atomic mass is 10.0. The predicted octanol–water partition coefficient (Wildman–Crippen LogP) is 8.71. The van der Waals surface area contributed by atoms with Gasteiger partial charge in [-0.3, -0.25) is 10.5 Å². The van der Waals surface area contributed by atoms with Crippen LogP contribution < -0.4 is 5.73 Å². The van der Waals surface area contributed by atoms with Gasteiger partial charge in [0, 0.05) is 21.8 Å². The van der Waals surface area contributed by atoms with Crippen molar-refractivity contribution in [1.29, 1.82) is 0 Å². The fraction of sp³-hybridized carbons (Fsp3) is 0.133. The van der Waals surface area contributed by atoms with Crippen LogP contribution in [-0.2, 0) is 23.0 Å². The van der Waals surface area contributed by atoms with Gasteiger partial charge in [-0.05, 0) is 84.5 Å². The van der Waals surface area contributed by atoms with Crippen LogP contribution in [0.2, 0.25) is 0 Å². The van der Waals surface area contributed by atoms with E-state index in [1.807, 2.05) is 44.2 Å². The number of anilines is 1. The van der Waals surface area contributed by atoms with E-state index in [1.165, 1.54) is 0 Å². The van der Waals surface area contributed by atoms with Gasteiger partial charge < -0.3 is 10.8 Å². The molecule has 0 atom stereocenters. The number of aromatic hydroxyl groups is 1. The van der Waals surface area contributed by atoms with Crippen LogP contribution in [0.5, 0.6) is 5.75 Å². The molecule has 0 heterocycles. The van der Waals surface area contributed by atoms with Crippen LogP contribution in [0, 0.1) is 13.8 Å². The summed E-state index contributed by atoms with van der Waals surface area (Å²) >= 11 is 0. The molecule has 5 aromatic rings. The smallest absolute Gasteiger partial charge is 0.151 e. The second-order valence-electron chi connectivity index (χ2n) is 9.48. The SMILES string of the molecule is Cc1ccc2c(N=Nc3cc(COO)cc(COO)c3)ccc(N=Nc3c(C)cc4ccc(N)cc4c3O)c2c1. The fourth-order valence-corrected chi connectivity index (χ4v) is 4.58. The lowest BCUT2D eigenvalue weighted by molar-refractivity contribution is -0.254. The Balaban J connectivity index is 1.54. The van der Waals surface area contributed by atoms with Gasteiger partial charge in [0.15, 0.2) is 5.75 Å². The number of phenols is 1. The van der Waals surface area contributed by atoms with E-state index in [-0.39, 0.29) is 19.0 Å². The van der Waals surface area contributed by atoms with E-state index >= 15 is 0 Å². The van der Waals surface area contributed by atoms with Gasteiger partial charge in [-0.25, -0.2) is 9.78 Å². The van der Waals surface area contributed by atoms with E-state index in [2.05, 4.69) is 30.2 Å². The number of rotatable bonds is 8. The van der Waals surface area contributed by atoms with Crippen LogP contribution in [0.4, 0.5) is 28.4 Å². The number of phenolic OH excluding ortho intramolecular Hbond substituents is 1. The molecule has 0 saturated heterocycles. The van der Waals surface area contributed by atoms with Crippen molar-refractivity contribution in [3.05, 3.63) is 95.1 Å². The summed E-state index contributed by atoms with van der Waals surface area (Å²) in [5.74, 6) is 0.0248. The summed E-state index contributed by atoms with van der Waals surface area (Å²) in [6.07, 6.45) is 0. The van der Waals surface area contributed by atoms with Crippen LogP contribution in [0.1, 0.15) is 22.3 Å². The molecule has 0 spiro atoms. The lowest BCUT2D eigenvalue weighted by Crippen LogP contribution is -1.93. The molecule has 0 fully saturated rings. The number of aryl methyl sites for hydroxylation is 2. The van der Waals surface area contributed by atoms with Gasteiger partial charge in [-0.1, -0.05) is 29.8 Å².